The Morgan fingerprint density at radius 3 is 2.30 bits per heavy atom. The smallest absolute Gasteiger partial charge is 0.407 e. The van der Waals surface area contributed by atoms with E-state index in [0.717, 1.165) is 32.1 Å². The Hall–Kier alpha value is -1.26. The minimum Gasteiger partial charge on any atom is -0.444 e. The van der Waals surface area contributed by atoms with Crippen molar-refractivity contribution in [1.82, 2.24) is 10.6 Å². The molecule has 0 bridgehead atoms. The Bertz CT molecular complexity index is 337. The van der Waals surface area contributed by atoms with E-state index in [1.165, 1.54) is 0 Å². The van der Waals surface area contributed by atoms with Crippen molar-refractivity contribution in [3.63, 3.8) is 0 Å². The summed E-state index contributed by atoms with van der Waals surface area (Å²) in [7, 11) is 0. The SMILES string of the molecule is CCCC(=O)N[C@@H]1CCC[C@H](NC(=O)OC(C)(C)C)C1. The molecule has 116 valence electrons. The van der Waals surface area contributed by atoms with Crippen molar-refractivity contribution in [2.24, 2.45) is 0 Å². The molecule has 2 N–H and O–H groups in total. The summed E-state index contributed by atoms with van der Waals surface area (Å²) in [6, 6.07) is 0.258. The fraction of sp³-hybridized carbons (Fsp3) is 0.867. The predicted octanol–water partition coefficient (Wildman–Crippen LogP) is 2.74. The molecule has 0 unspecified atom stereocenters. The second-order valence-electron chi connectivity index (χ2n) is 6.52. The summed E-state index contributed by atoms with van der Waals surface area (Å²) in [5, 5.41) is 5.94. The number of alkyl carbamates (subject to hydrolysis) is 1. The maximum Gasteiger partial charge on any atom is 0.407 e. The molecule has 0 aliphatic heterocycles. The van der Waals surface area contributed by atoms with Crippen LogP contribution in [-0.2, 0) is 9.53 Å². The van der Waals surface area contributed by atoms with Crippen molar-refractivity contribution >= 4 is 12.0 Å². The summed E-state index contributed by atoms with van der Waals surface area (Å²) in [6.07, 6.45) is 4.79. The first-order valence-electron chi connectivity index (χ1n) is 7.59. The molecule has 1 fully saturated rings. The molecular formula is C15H28N2O3. The molecule has 0 aromatic carbocycles. The van der Waals surface area contributed by atoms with Gasteiger partial charge in [-0.3, -0.25) is 4.79 Å². The molecule has 0 radical (unpaired) electrons. The van der Waals surface area contributed by atoms with Crippen LogP contribution in [0.25, 0.3) is 0 Å². The predicted molar refractivity (Wildman–Crippen MR) is 78.5 cm³/mol. The van der Waals surface area contributed by atoms with Gasteiger partial charge in [0.2, 0.25) is 5.91 Å². The average molecular weight is 284 g/mol. The first-order valence-corrected chi connectivity index (χ1v) is 7.59. The molecule has 0 aromatic rings. The van der Waals surface area contributed by atoms with Gasteiger partial charge in [-0.25, -0.2) is 4.79 Å². The Morgan fingerprint density at radius 2 is 1.75 bits per heavy atom. The number of ether oxygens (including phenoxy) is 1. The Morgan fingerprint density at radius 1 is 1.15 bits per heavy atom. The van der Waals surface area contributed by atoms with Crippen molar-refractivity contribution in [1.29, 1.82) is 0 Å². The topological polar surface area (TPSA) is 67.4 Å². The molecule has 1 rings (SSSR count). The Labute approximate surface area is 121 Å². The fourth-order valence-corrected chi connectivity index (χ4v) is 2.45. The van der Waals surface area contributed by atoms with Crippen LogP contribution >= 0.6 is 0 Å². The molecule has 1 saturated carbocycles. The second kappa shape index (κ2) is 7.50. The van der Waals surface area contributed by atoms with Crippen molar-refractivity contribution in [2.75, 3.05) is 0 Å². The summed E-state index contributed by atoms with van der Waals surface area (Å²) in [5.41, 5.74) is -0.479. The number of nitrogens with one attached hydrogen (secondary N) is 2. The standard InChI is InChI=1S/C15H28N2O3/c1-5-7-13(18)16-11-8-6-9-12(10-11)17-14(19)20-15(2,3)4/h11-12H,5-10H2,1-4H3,(H,16,18)(H,17,19)/t11-,12+/m1/s1. The van der Waals surface area contributed by atoms with Crippen LogP contribution < -0.4 is 10.6 Å². The van der Waals surface area contributed by atoms with E-state index in [4.69, 9.17) is 4.74 Å². The lowest BCUT2D eigenvalue weighted by molar-refractivity contribution is -0.122. The first-order chi connectivity index (χ1) is 9.30. The van der Waals surface area contributed by atoms with Crippen LogP contribution in [0.4, 0.5) is 4.79 Å². The molecule has 2 atom stereocenters. The highest BCUT2D eigenvalue weighted by atomic mass is 16.6. The van der Waals surface area contributed by atoms with Crippen LogP contribution in [0, 0.1) is 0 Å². The minimum atomic E-state index is -0.479. The fourth-order valence-electron chi connectivity index (χ4n) is 2.45. The molecule has 0 heterocycles. The summed E-state index contributed by atoms with van der Waals surface area (Å²) in [4.78, 5) is 23.3. The van der Waals surface area contributed by atoms with E-state index in [2.05, 4.69) is 10.6 Å². The zero-order valence-electron chi connectivity index (χ0n) is 13.1. The van der Waals surface area contributed by atoms with E-state index in [9.17, 15) is 9.59 Å². The Kier molecular flexibility index (Phi) is 6.30. The van der Waals surface area contributed by atoms with Crippen molar-refractivity contribution in [2.45, 2.75) is 83.9 Å². The molecule has 2 amide bonds. The van der Waals surface area contributed by atoms with Crippen molar-refractivity contribution in [3.05, 3.63) is 0 Å². The van der Waals surface area contributed by atoms with Crippen molar-refractivity contribution < 1.29 is 14.3 Å². The summed E-state index contributed by atoms with van der Waals surface area (Å²) in [5.74, 6) is 0.107. The average Bonchev–Trinajstić information content (AvgIpc) is 2.26. The molecule has 5 heteroatoms. The highest BCUT2D eigenvalue weighted by Gasteiger charge is 2.26. The molecule has 0 aromatic heterocycles. The van der Waals surface area contributed by atoms with Gasteiger partial charge in [-0.2, -0.15) is 0 Å². The molecule has 0 spiro atoms. The van der Waals surface area contributed by atoms with Gasteiger partial charge in [0.05, 0.1) is 0 Å². The van der Waals surface area contributed by atoms with E-state index < -0.39 is 5.60 Å². The maximum atomic E-state index is 11.7. The third-order valence-electron chi connectivity index (χ3n) is 3.24. The highest BCUT2D eigenvalue weighted by molar-refractivity contribution is 5.76. The van der Waals surface area contributed by atoms with Crippen LogP contribution in [0.5, 0.6) is 0 Å². The largest absolute Gasteiger partial charge is 0.444 e. The normalized spacial score (nSPS) is 23.0. The van der Waals surface area contributed by atoms with Gasteiger partial charge in [0.15, 0.2) is 0 Å². The summed E-state index contributed by atoms with van der Waals surface area (Å²) >= 11 is 0. The number of hydrogen-bond donors (Lipinski definition) is 2. The lowest BCUT2D eigenvalue weighted by Crippen LogP contribution is -2.46. The van der Waals surface area contributed by atoms with E-state index in [-0.39, 0.29) is 24.1 Å². The summed E-state index contributed by atoms with van der Waals surface area (Å²) in [6.45, 7) is 7.54. The van der Waals surface area contributed by atoms with Gasteiger partial charge >= 0.3 is 6.09 Å². The molecule has 1 aliphatic rings. The van der Waals surface area contributed by atoms with Gasteiger partial charge in [0.25, 0.3) is 0 Å². The van der Waals surface area contributed by atoms with Crippen molar-refractivity contribution in [3.8, 4) is 0 Å². The van der Waals surface area contributed by atoms with Crippen LogP contribution in [0.1, 0.15) is 66.2 Å². The summed E-state index contributed by atoms with van der Waals surface area (Å²) < 4.78 is 5.26. The number of amides is 2. The van der Waals surface area contributed by atoms with Gasteiger partial charge in [-0.05, 0) is 52.9 Å². The van der Waals surface area contributed by atoms with Crippen LogP contribution in [0.3, 0.4) is 0 Å². The van der Waals surface area contributed by atoms with Gasteiger partial charge in [0.1, 0.15) is 5.60 Å². The third kappa shape index (κ3) is 6.78. The third-order valence-corrected chi connectivity index (χ3v) is 3.24. The lowest BCUT2D eigenvalue weighted by Gasteiger charge is -2.31. The zero-order chi connectivity index (χ0) is 15.2. The van der Waals surface area contributed by atoms with E-state index in [0.29, 0.717) is 6.42 Å². The molecule has 5 nitrogen and oxygen atoms in total. The number of rotatable bonds is 4. The Balaban J connectivity index is 2.37. The second-order valence-corrected chi connectivity index (χ2v) is 6.52. The number of carbonyl (C=O) groups is 2. The zero-order valence-corrected chi connectivity index (χ0v) is 13.1. The van der Waals surface area contributed by atoms with Gasteiger partial charge in [0, 0.05) is 18.5 Å². The van der Waals surface area contributed by atoms with Crippen LogP contribution in [0.2, 0.25) is 0 Å². The van der Waals surface area contributed by atoms with Gasteiger partial charge in [-0.15, -0.1) is 0 Å². The van der Waals surface area contributed by atoms with Gasteiger partial charge in [-0.1, -0.05) is 6.92 Å². The quantitative estimate of drug-likeness (QED) is 0.834. The monoisotopic (exact) mass is 284 g/mol. The number of hydrogen-bond acceptors (Lipinski definition) is 3. The molecule has 20 heavy (non-hydrogen) atoms. The van der Waals surface area contributed by atoms with E-state index >= 15 is 0 Å². The lowest BCUT2D eigenvalue weighted by atomic mass is 9.91. The highest BCUT2D eigenvalue weighted by Crippen LogP contribution is 2.19. The van der Waals surface area contributed by atoms with E-state index in [1.54, 1.807) is 0 Å². The molecular weight excluding hydrogens is 256 g/mol. The molecule has 0 saturated heterocycles. The maximum absolute atomic E-state index is 11.7. The van der Waals surface area contributed by atoms with Gasteiger partial charge < -0.3 is 15.4 Å². The van der Waals surface area contributed by atoms with E-state index in [1.807, 2.05) is 27.7 Å². The minimum absolute atomic E-state index is 0.0885. The molecule has 1 aliphatic carbocycles. The van der Waals surface area contributed by atoms with Crippen LogP contribution in [0.15, 0.2) is 0 Å². The van der Waals surface area contributed by atoms with Crippen LogP contribution in [-0.4, -0.2) is 29.7 Å². The first kappa shape index (κ1) is 16.8. The number of carbonyl (C=O) groups excluding carboxylic acids is 2.